The zero-order valence-electron chi connectivity index (χ0n) is 14.3. The third kappa shape index (κ3) is 4.40. The van der Waals surface area contributed by atoms with Crippen LogP contribution in [0, 0.1) is 0 Å². The number of anilines is 1. The molecule has 7 nitrogen and oxygen atoms in total. The maximum absolute atomic E-state index is 12.6. The number of aromatic nitrogens is 2. The number of carbonyl (C=O) groups excluding carboxylic acids is 1. The zero-order chi connectivity index (χ0) is 17.8. The van der Waals surface area contributed by atoms with E-state index in [1.807, 2.05) is 31.1 Å². The predicted molar refractivity (Wildman–Crippen MR) is 104 cm³/mol. The topological polar surface area (TPSA) is 65.8 Å². The molecule has 2 aromatic rings. The first kappa shape index (κ1) is 17.9. The van der Waals surface area contributed by atoms with E-state index in [0.29, 0.717) is 19.6 Å². The van der Waals surface area contributed by atoms with E-state index >= 15 is 0 Å². The summed E-state index contributed by atoms with van der Waals surface area (Å²) < 4.78 is 2.81. The van der Waals surface area contributed by atoms with Gasteiger partial charge in [0.15, 0.2) is 5.96 Å². The van der Waals surface area contributed by atoms with Crippen LogP contribution in [0.1, 0.15) is 11.8 Å². The molecule has 25 heavy (non-hydrogen) atoms. The first-order chi connectivity index (χ1) is 12.1. The van der Waals surface area contributed by atoms with Crippen molar-refractivity contribution >= 4 is 44.8 Å². The van der Waals surface area contributed by atoms with Crippen LogP contribution in [-0.2, 0) is 18.4 Å². The van der Waals surface area contributed by atoms with Crippen LogP contribution < -0.4 is 10.2 Å². The lowest BCUT2D eigenvalue weighted by atomic mass is 10.3. The minimum Gasteiger partial charge on any atom is -0.356 e. The van der Waals surface area contributed by atoms with Crippen LogP contribution in [0.3, 0.4) is 0 Å². The summed E-state index contributed by atoms with van der Waals surface area (Å²) in [6.07, 6.45) is 3.59. The molecule has 1 fully saturated rings. The smallest absolute Gasteiger partial charge is 0.246 e. The van der Waals surface area contributed by atoms with Crippen molar-refractivity contribution in [2.75, 3.05) is 31.1 Å². The molecule has 1 saturated heterocycles. The second kappa shape index (κ2) is 8.01. The third-order valence-electron chi connectivity index (χ3n) is 3.87. The van der Waals surface area contributed by atoms with E-state index in [0.717, 1.165) is 28.5 Å². The van der Waals surface area contributed by atoms with E-state index in [4.69, 9.17) is 4.99 Å². The molecule has 2 aromatic heterocycles. The summed E-state index contributed by atoms with van der Waals surface area (Å²) in [5.41, 5.74) is 0.845. The minimum absolute atomic E-state index is 0.0590. The van der Waals surface area contributed by atoms with Gasteiger partial charge in [0.2, 0.25) is 5.91 Å². The molecular weight excluding hydrogens is 404 g/mol. The van der Waals surface area contributed by atoms with Crippen LogP contribution in [0.5, 0.6) is 0 Å². The van der Waals surface area contributed by atoms with Crippen molar-refractivity contribution in [3.05, 3.63) is 33.2 Å². The van der Waals surface area contributed by atoms with Gasteiger partial charge in [-0.1, -0.05) is 0 Å². The van der Waals surface area contributed by atoms with Gasteiger partial charge >= 0.3 is 0 Å². The fourth-order valence-electron chi connectivity index (χ4n) is 2.69. The molecule has 0 radical (unpaired) electrons. The number of hydrogen-bond acceptors (Lipinski definition) is 4. The zero-order valence-corrected chi connectivity index (χ0v) is 16.7. The molecule has 9 heteroatoms. The van der Waals surface area contributed by atoms with Crippen molar-refractivity contribution in [1.82, 2.24) is 20.0 Å². The highest BCUT2D eigenvalue weighted by Crippen LogP contribution is 2.23. The van der Waals surface area contributed by atoms with Crippen molar-refractivity contribution < 1.29 is 4.79 Å². The maximum Gasteiger partial charge on any atom is 0.246 e. The van der Waals surface area contributed by atoms with E-state index in [1.165, 1.54) is 4.88 Å². The van der Waals surface area contributed by atoms with Crippen LogP contribution in [0.25, 0.3) is 0 Å². The number of piperazine rings is 1. The van der Waals surface area contributed by atoms with Gasteiger partial charge in [-0.3, -0.25) is 9.48 Å². The van der Waals surface area contributed by atoms with Crippen molar-refractivity contribution in [3.63, 3.8) is 0 Å². The molecule has 0 aliphatic carbocycles. The van der Waals surface area contributed by atoms with Gasteiger partial charge in [0.1, 0.15) is 6.54 Å². The Bertz CT molecular complexity index is 770. The number of amides is 1. The van der Waals surface area contributed by atoms with Crippen LogP contribution in [-0.4, -0.2) is 52.7 Å². The second-order valence-electron chi connectivity index (χ2n) is 5.72. The molecule has 0 atom stereocenters. The highest BCUT2D eigenvalue weighted by Gasteiger charge is 2.27. The third-order valence-corrected chi connectivity index (χ3v) is 5.48. The summed E-state index contributed by atoms with van der Waals surface area (Å²) >= 11 is 5.15. The van der Waals surface area contributed by atoms with Crippen molar-refractivity contribution in [3.8, 4) is 0 Å². The number of hydrogen-bond donors (Lipinski definition) is 1. The Morgan fingerprint density at radius 3 is 2.88 bits per heavy atom. The number of thiophene rings is 1. The number of guanidine groups is 1. The van der Waals surface area contributed by atoms with Gasteiger partial charge < -0.3 is 15.1 Å². The van der Waals surface area contributed by atoms with E-state index in [1.54, 1.807) is 27.1 Å². The van der Waals surface area contributed by atoms with Gasteiger partial charge in [-0.15, -0.1) is 11.3 Å². The van der Waals surface area contributed by atoms with Gasteiger partial charge in [0.25, 0.3) is 0 Å². The lowest BCUT2D eigenvalue weighted by molar-refractivity contribution is -0.120. The standard InChI is InChI=1S/C16H21BrN6OS/c1-3-18-16(19-9-13-4-5-14(17)25-13)22-6-7-23(15(24)11-22)12-8-20-21(2)10-12/h4-5,8,10H,3,6-7,9,11H2,1-2H3,(H,18,19). The fraction of sp³-hybridized carbons (Fsp3) is 0.438. The molecule has 1 N–H and O–H groups in total. The number of halogens is 1. The first-order valence-corrected chi connectivity index (χ1v) is 9.74. The maximum atomic E-state index is 12.6. The van der Waals surface area contributed by atoms with Gasteiger partial charge in [-0.2, -0.15) is 5.10 Å². The monoisotopic (exact) mass is 424 g/mol. The molecule has 1 amide bonds. The number of aryl methyl sites for hydroxylation is 1. The minimum atomic E-state index is 0.0590. The molecular formula is C16H21BrN6OS. The molecule has 0 unspecified atom stereocenters. The van der Waals surface area contributed by atoms with E-state index < -0.39 is 0 Å². The number of aliphatic imine (C=N–C) groups is 1. The molecule has 0 bridgehead atoms. The highest BCUT2D eigenvalue weighted by molar-refractivity contribution is 9.11. The van der Waals surface area contributed by atoms with Crippen molar-refractivity contribution in [2.24, 2.45) is 12.0 Å². The normalized spacial score (nSPS) is 15.8. The van der Waals surface area contributed by atoms with Gasteiger partial charge in [0.05, 0.1) is 22.2 Å². The molecule has 0 spiro atoms. The summed E-state index contributed by atoms with van der Waals surface area (Å²) in [5.74, 6) is 0.843. The van der Waals surface area contributed by atoms with Crippen LogP contribution >= 0.6 is 27.3 Å². The fourth-order valence-corrected chi connectivity index (χ4v) is 4.10. The van der Waals surface area contributed by atoms with Crippen LogP contribution in [0.4, 0.5) is 5.69 Å². The molecule has 134 valence electrons. The molecule has 0 saturated carbocycles. The molecule has 3 heterocycles. The first-order valence-electron chi connectivity index (χ1n) is 8.13. The quantitative estimate of drug-likeness (QED) is 0.602. The Morgan fingerprint density at radius 1 is 1.44 bits per heavy atom. The average Bonchev–Trinajstić information content (AvgIpc) is 3.19. The summed E-state index contributed by atoms with van der Waals surface area (Å²) in [7, 11) is 1.85. The van der Waals surface area contributed by atoms with E-state index in [9.17, 15) is 4.79 Å². The van der Waals surface area contributed by atoms with Crippen molar-refractivity contribution in [2.45, 2.75) is 13.5 Å². The average molecular weight is 425 g/mol. The van der Waals surface area contributed by atoms with E-state index in [-0.39, 0.29) is 5.91 Å². The lowest BCUT2D eigenvalue weighted by Crippen LogP contribution is -2.55. The number of nitrogens with one attached hydrogen (secondary N) is 1. The van der Waals surface area contributed by atoms with Crippen molar-refractivity contribution in [1.29, 1.82) is 0 Å². The van der Waals surface area contributed by atoms with E-state index in [2.05, 4.69) is 32.4 Å². The molecule has 3 rings (SSSR count). The Morgan fingerprint density at radius 2 is 2.28 bits per heavy atom. The van der Waals surface area contributed by atoms with Gasteiger partial charge in [-0.05, 0) is 35.0 Å². The number of nitrogens with zero attached hydrogens (tertiary/aromatic N) is 5. The number of carbonyl (C=O) groups is 1. The lowest BCUT2D eigenvalue weighted by Gasteiger charge is -2.35. The van der Waals surface area contributed by atoms with Gasteiger partial charge in [-0.25, -0.2) is 4.99 Å². The second-order valence-corrected chi connectivity index (χ2v) is 8.26. The molecule has 1 aliphatic rings. The largest absolute Gasteiger partial charge is 0.356 e. The van der Waals surface area contributed by atoms with Gasteiger partial charge in [0, 0.05) is 37.8 Å². The summed E-state index contributed by atoms with van der Waals surface area (Å²) in [6.45, 7) is 5.08. The SMILES string of the molecule is CCNC(=NCc1ccc(Br)s1)N1CCN(c2cnn(C)c2)C(=O)C1. The van der Waals surface area contributed by atoms with Crippen LogP contribution in [0.15, 0.2) is 33.3 Å². The molecule has 0 aromatic carbocycles. The predicted octanol–water partition coefficient (Wildman–Crippen LogP) is 2.06. The van der Waals surface area contributed by atoms with Crippen LogP contribution in [0.2, 0.25) is 0 Å². The summed E-state index contributed by atoms with van der Waals surface area (Å²) in [4.78, 5) is 22.2. The summed E-state index contributed by atoms with van der Waals surface area (Å²) in [6, 6.07) is 4.09. The molecule has 1 aliphatic heterocycles. The Hall–Kier alpha value is -1.87. The number of rotatable bonds is 4. The Labute approximate surface area is 159 Å². The summed E-state index contributed by atoms with van der Waals surface area (Å²) in [5, 5.41) is 7.44. The Balaban J connectivity index is 1.67. The Kier molecular flexibility index (Phi) is 5.74. The highest BCUT2D eigenvalue weighted by atomic mass is 79.9.